The van der Waals surface area contributed by atoms with Crippen LogP contribution in [-0.4, -0.2) is 38.5 Å². The van der Waals surface area contributed by atoms with Crippen LogP contribution in [0.4, 0.5) is 11.5 Å². The van der Waals surface area contributed by atoms with E-state index in [0.717, 1.165) is 60.0 Å². The van der Waals surface area contributed by atoms with Gasteiger partial charge >= 0.3 is 0 Å². The van der Waals surface area contributed by atoms with Crippen molar-refractivity contribution in [1.82, 2.24) is 24.7 Å². The fourth-order valence-corrected chi connectivity index (χ4v) is 4.62. The van der Waals surface area contributed by atoms with Crippen LogP contribution in [0.3, 0.4) is 0 Å². The number of amides is 1. The second kappa shape index (κ2) is 7.72. The third-order valence-corrected chi connectivity index (χ3v) is 6.30. The maximum atomic E-state index is 12.7. The predicted molar refractivity (Wildman–Crippen MR) is 120 cm³/mol. The molecule has 32 heavy (non-hydrogen) atoms. The average Bonchev–Trinajstić information content (AvgIpc) is 3.45. The van der Waals surface area contributed by atoms with Gasteiger partial charge in [0.25, 0.3) is 5.91 Å². The Morgan fingerprint density at radius 2 is 1.97 bits per heavy atom. The number of hydrogen-bond donors (Lipinski definition) is 2. The van der Waals surface area contributed by atoms with Gasteiger partial charge in [0.05, 0.1) is 29.3 Å². The van der Waals surface area contributed by atoms with Gasteiger partial charge < -0.3 is 15.4 Å². The lowest BCUT2D eigenvalue weighted by Crippen LogP contribution is -2.14. The lowest BCUT2D eigenvalue weighted by atomic mass is 9.93. The monoisotopic (exact) mass is 426 g/mol. The first-order valence-corrected chi connectivity index (χ1v) is 10.8. The molecule has 8 nitrogen and oxygen atoms in total. The number of imidazole rings is 1. The van der Waals surface area contributed by atoms with Crippen molar-refractivity contribution >= 4 is 23.1 Å². The maximum absolute atomic E-state index is 12.7. The van der Waals surface area contributed by atoms with Gasteiger partial charge in [-0.15, -0.1) is 0 Å². The van der Waals surface area contributed by atoms with E-state index >= 15 is 0 Å². The Morgan fingerprint density at radius 3 is 2.81 bits per heavy atom. The van der Waals surface area contributed by atoms with E-state index in [-0.39, 0.29) is 5.91 Å². The van der Waals surface area contributed by atoms with E-state index in [9.17, 15) is 4.79 Å². The molecule has 0 unspecified atom stereocenters. The summed E-state index contributed by atoms with van der Waals surface area (Å²) < 4.78 is 7.44. The van der Waals surface area contributed by atoms with Crippen molar-refractivity contribution in [3.05, 3.63) is 71.9 Å². The molecule has 2 N–H and O–H groups in total. The molecule has 0 spiro atoms. The van der Waals surface area contributed by atoms with Crippen molar-refractivity contribution in [2.45, 2.75) is 25.3 Å². The van der Waals surface area contributed by atoms with Crippen molar-refractivity contribution in [2.75, 3.05) is 18.5 Å². The summed E-state index contributed by atoms with van der Waals surface area (Å²) in [6.45, 7) is 2.09. The molecule has 1 aromatic carbocycles. The number of anilines is 2. The van der Waals surface area contributed by atoms with Crippen LogP contribution in [-0.2, 0) is 11.3 Å². The summed E-state index contributed by atoms with van der Waals surface area (Å²) in [7, 11) is 0. The van der Waals surface area contributed by atoms with Gasteiger partial charge in [-0.1, -0.05) is 12.1 Å². The van der Waals surface area contributed by atoms with E-state index in [2.05, 4.69) is 31.7 Å². The van der Waals surface area contributed by atoms with Gasteiger partial charge in [0.2, 0.25) is 0 Å². The quantitative estimate of drug-likeness (QED) is 0.517. The largest absolute Gasteiger partial charge is 0.381 e. The summed E-state index contributed by atoms with van der Waals surface area (Å²) in [4.78, 5) is 25.9. The summed E-state index contributed by atoms with van der Waals surface area (Å²) >= 11 is 0. The first-order valence-electron chi connectivity index (χ1n) is 10.8. The predicted octanol–water partition coefficient (Wildman–Crippen LogP) is 3.67. The van der Waals surface area contributed by atoms with Crippen molar-refractivity contribution < 1.29 is 9.53 Å². The topological polar surface area (TPSA) is 93.4 Å². The standard InChI is InChI=1S/C24H22N6O2/c31-24-23-18(12-28-24)17(20-13-27-22-14-25-7-8-30(20)22)2-3-19(23)29-21-4-1-16(11-26-21)15-5-9-32-10-6-15/h1-4,7-8,11,13-15H,5-6,9-10,12H2,(H,26,29)(H,28,31). The highest BCUT2D eigenvalue weighted by Crippen LogP contribution is 2.35. The minimum absolute atomic E-state index is 0.0846. The first-order chi connectivity index (χ1) is 15.8. The Morgan fingerprint density at radius 1 is 1.06 bits per heavy atom. The lowest BCUT2D eigenvalue weighted by Gasteiger charge is -2.22. The van der Waals surface area contributed by atoms with E-state index in [0.29, 0.717) is 18.0 Å². The fraction of sp³-hybridized carbons (Fsp3) is 0.250. The highest BCUT2D eigenvalue weighted by molar-refractivity contribution is 6.06. The number of rotatable bonds is 4. The van der Waals surface area contributed by atoms with Crippen molar-refractivity contribution in [1.29, 1.82) is 0 Å². The zero-order valence-corrected chi connectivity index (χ0v) is 17.4. The molecule has 2 aliphatic rings. The number of fused-ring (bicyclic) bond motifs is 2. The Balaban J connectivity index is 1.33. The molecule has 0 aliphatic carbocycles. The molecule has 0 atom stereocenters. The number of nitrogens with one attached hydrogen (secondary N) is 2. The zero-order valence-electron chi connectivity index (χ0n) is 17.4. The van der Waals surface area contributed by atoms with Gasteiger partial charge in [0.15, 0.2) is 5.65 Å². The molecule has 160 valence electrons. The van der Waals surface area contributed by atoms with E-state index in [1.165, 1.54) is 5.56 Å². The summed E-state index contributed by atoms with van der Waals surface area (Å²) in [5.41, 5.74) is 6.27. The Hall–Kier alpha value is -3.78. The molecule has 1 fully saturated rings. The summed E-state index contributed by atoms with van der Waals surface area (Å²) in [6, 6.07) is 8.07. The van der Waals surface area contributed by atoms with Gasteiger partial charge in [0.1, 0.15) is 5.82 Å². The van der Waals surface area contributed by atoms with Crippen LogP contribution in [0.15, 0.2) is 55.2 Å². The van der Waals surface area contributed by atoms with Crippen molar-refractivity contribution in [2.24, 2.45) is 0 Å². The zero-order chi connectivity index (χ0) is 21.5. The van der Waals surface area contributed by atoms with Gasteiger partial charge in [-0.2, -0.15) is 0 Å². The Labute approximate surface area is 184 Å². The SMILES string of the molecule is O=C1NCc2c(-c3cnc4cnccn34)ccc(Nc3ccc(C4CCOCC4)cn3)c21. The van der Waals surface area contributed by atoms with Crippen molar-refractivity contribution in [3.63, 3.8) is 0 Å². The molecule has 1 amide bonds. The number of benzene rings is 1. The number of hydrogen-bond acceptors (Lipinski definition) is 6. The second-order valence-corrected chi connectivity index (χ2v) is 8.13. The van der Waals surface area contributed by atoms with Crippen LogP contribution >= 0.6 is 0 Å². The second-order valence-electron chi connectivity index (χ2n) is 8.13. The third kappa shape index (κ3) is 3.20. The van der Waals surface area contributed by atoms with E-state index in [1.807, 2.05) is 41.2 Å². The number of carbonyl (C=O) groups is 1. The highest BCUT2D eigenvalue weighted by Gasteiger charge is 2.27. The van der Waals surface area contributed by atoms with Crippen LogP contribution in [0.2, 0.25) is 0 Å². The van der Waals surface area contributed by atoms with E-state index < -0.39 is 0 Å². The lowest BCUT2D eigenvalue weighted by molar-refractivity contribution is 0.0853. The van der Waals surface area contributed by atoms with Gasteiger partial charge in [0, 0.05) is 43.9 Å². The van der Waals surface area contributed by atoms with E-state index in [1.54, 1.807) is 12.4 Å². The minimum atomic E-state index is -0.0846. The molecule has 3 aromatic heterocycles. The molecule has 2 aliphatic heterocycles. The Kier molecular flexibility index (Phi) is 4.57. The molecule has 0 saturated carbocycles. The number of nitrogens with zero attached hydrogens (tertiary/aromatic N) is 4. The molecule has 1 saturated heterocycles. The number of ether oxygens (including phenoxy) is 1. The number of carbonyl (C=O) groups excluding carboxylic acids is 1. The van der Waals surface area contributed by atoms with Gasteiger partial charge in [-0.3, -0.25) is 14.2 Å². The summed E-state index contributed by atoms with van der Waals surface area (Å²) in [5, 5.41) is 6.31. The first kappa shape index (κ1) is 18.9. The van der Waals surface area contributed by atoms with Gasteiger partial charge in [-0.05, 0) is 42.0 Å². The summed E-state index contributed by atoms with van der Waals surface area (Å²) in [6.07, 6.45) is 11.1. The molecule has 5 heterocycles. The van der Waals surface area contributed by atoms with E-state index in [4.69, 9.17) is 4.74 Å². The number of pyridine rings is 1. The molecule has 0 bridgehead atoms. The Bertz CT molecular complexity index is 1310. The maximum Gasteiger partial charge on any atom is 0.254 e. The smallest absolute Gasteiger partial charge is 0.254 e. The van der Waals surface area contributed by atoms with Crippen LogP contribution < -0.4 is 10.6 Å². The third-order valence-electron chi connectivity index (χ3n) is 6.30. The van der Waals surface area contributed by atoms with Gasteiger partial charge in [-0.25, -0.2) is 9.97 Å². The molecular formula is C24H22N6O2. The minimum Gasteiger partial charge on any atom is -0.381 e. The average molecular weight is 426 g/mol. The van der Waals surface area contributed by atoms with Crippen LogP contribution in [0.5, 0.6) is 0 Å². The summed E-state index contributed by atoms with van der Waals surface area (Å²) in [5.74, 6) is 1.13. The van der Waals surface area contributed by atoms with Crippen molar-refractivity contribution in [3.8, 4) is 11.3 Å². The normalized spacial score (nSPS) is 16.2. The highest BCUT2D eigenvalue weighted by atomic mass is 16.5. The molecular weight excluding hydrogens is 404 g/mol. The molecule has 4 aromatic rings. The van der Waals surface area contributed by atoms with Crippen LogP contribution in [0, 0.1) is 0 Å². The molecule has 6 rings (SSSR count). The fourth-order valence-electron chi connectivity index (χ4n) is 4.62. The molecule has 0 radical (unpaired) electrons. The number of aromatic nitrogens is 4. The van der Waals surface area contributed by atoms with Crippen LogP contribution in [0.1, 0.15) is 40.2 Å². The van der Waals surface area contributed by atoms with Crippen LogP contribution in [0.25, 0.3) is 16.9 Å². The molecule has 8 heteroatoms.